The molecule has 0 bridgehead atoms. The van der Waals surface area contributed by atoms with Crippen LogP contribution in [0.1, 0.15) is 25.5 Å². The van der Waals surface area contributed by atoms with Gasteiger partial charge in [-0.2, -0.15) is 0 Å². The molecule has 3 heterocycles. The third kappa shape index (κ3) is 3.93. The molecule has 28 heavy (non-hydrogen) atoms. The number of furan rings is 1. The second-order valence-corrected chi connectivity index (χ2v) is 6.86. The zero-order chi connectivity index (χ0) is 19.3. The van der Waals surface area contributed by atoms with Crippen LogP contribution in [-0.4, -0.2) is 35.6 Å². The fourth-order valence-corrected chi connectivity index (χ4v) is 3.53. The molecule has 1 aliphatic rings. The van der Waals surface area contributed by atoms with Crippen molar-refractivity contribution in [3.05, 3.63) is 48.4 Å². The Morgan fingerprint density at radius 3 is 2.82 bits per heavy atom. The summed E-state index contributed by atoms with van der Waals surface area (Å²) in [5.41, 5.74) is 1.63. The first-order valence-corrected chi connectivity index (χ1v) is 9.69. The Morgan fingerprint density at radius 1 is 1.25 bits per heavy atom. The number of aromatic nitrogens is 2. The number of hydrogen-bond donors (Lipinski definition) is 1. The maximum Gasteiger partial charge on any atom is 0.258 e. The van der Waals surface area contributed by atoms with Crippen LogP contribution in [0, 0.1) is 5.92 Å². The maximum atomic E-state index is 12.6. The van der Waals surface area contributed by atoms with Crippen LogP contribution in [0.15, 0.2) is 47.1 Å². The maximum absolute atomic E-state index is 12.6. The van der Waals surface area contributed by atoms with E-state index in [0.717, 1.165) is 36.2 Å². The third-order valence-corrected chi connectivity index (χ3v) is 4.91. The largest absolute Gasteiger partial charge is 0.475 e. The minimum absolute atomic E-state index is 0.0350. The average Bonchev–Trinajstić information content (AvgIpc) is 3.25. The molecule has 0 aliphatic carbocycles. The standard InChI is InChI=1S/C21H24N4O3/c1-2-27-21-19(23-17-9-3-4-10-18(17)24-21)25-11-5-7-15(14-25)20(26)22-13-16-8-6-12-28-16/h3-4,6,8-10,12,15H,2,5,7,11,13-14H2,1H3,(H,22,26). The number of nitrogens with one attached hydrogen (secondary N) is 1. The van der Waals surface area contributed by atoms with Crippen molar-refractivity contribution < 1.29 is 13.9 Å². The molecule has 146 valence electrons. The summed E-state index contributed by atoms with van der Waals surface area (Å²) in [6.07, 6.45) is 3.38. The van der Waals surface area contributed by atoms with E-state index < -0.39 is 0 Å². The number of fused-ring (bicyclic) bond motifs is 1. The van der Waals surface area contributed by atoms with E-state index in [-0.39, 0.29) is 11.8 Å². The molecular formula is C21H24N4O3. The van der Waals surface area contributed by atoms with Crippen LogP contribution < -0.4 is 15.0 Å². The SMILES string of the molecule is CCOc1nc2ccccc2nc1N1CCCC(C(=O)NCc2ccco2)C1. The molecule has 4 rings (SSSR count). The van der Waals surface area contributed by atoms with E-state index in [2.05, 4.69) is 15.2 Å². The molecule has 1 atom stereocenters. The molecule has 3 aromatic rings. The van der Waals surface area contributed by atoms with E-state index >= 15 is 0 Å². The van der Waals surface area contributed by atoms with Gasteiger partial charge >= 0.3 is 0 Å². The molecule has 1 aliphatic heterocycles. The lowest BCUT2D eigenvalue weighted by molar-refractivity contribution is -0.125. The number of carbonyl (C=O) groups excluding carboxylic acids is 1. The first-order valence-electron chi connectivity index (χ1n) is 9.69. The quantitative estimate of drug-likeness (QED) is 0.708. The predicted octanol–water partition coefficient (Wildman–Crippen LogP) is 3.15. The molecular weight excluding hydrogens is 356 g/mol. The van der Waals surface area contributed by atoms with Crippen molar-refractivity contribution in [1.82, 2.24) is 15.3 Å². The zero-order valence-electron chi connectivity index (χ0n) is 15.9. The summed E-state index contributed by atoms with van der Waals surface area (Å²) >= 11 is 0. The number of ether oxygens (including phenoxy) is 1. The third-order valence-electron chi connectivity index (χ3n) is 4.91. The van der Waals surface area contributed by atoms with Crippen molar-refractivity contribution in [3.8, 4) is 5.88 Å². The molecule has 0 saturated carbocycles. The van der Waals surface area contributed by atoms with Gasteiger partial charge in [-0.1, -0.05) is 12.1 Å². The van der Waals surface area contributed by atoms with Gasteiger partial charge in [-0.3, -0.25) is 4.79 Å². The van der Waals surface area contributed by atoms with Gasteiger partial charge in [-0.25, -0.2) is 9.97 Å². The van der Waals surface area contributed by atoms with Gasteiger partial charge in [-0.15, -0.1) is 0 Å². The van der Waals surface area contributed by atoms with Crippen molar-refractivity contribution in [3.63, 3.8) is 0 Å². The second kappa shape index (κ2) is 8.29. The minimum atomic E-state index is -0.105. The van der Waals surface area contributed by atoms with Crippen molar-refractivity contribution in [2.45, 2.75) is 26.3 Å². The summed E-state index contributed by atoms with van der Waals surface area (Å²) in [6.45, 7) is 4.27. The summed E-state index contributed by atoms with van der Waals surface area (Å²) in [5.74, 6) is 1.92. The Labute approximate surface area is 163 Å². The Hall–Kier alpha value is -3.09. The van der Waals surface area contributed by atoms with Crippen LogP contribution in [0.4, 0.5) is 5.82 Å². The van der Waals surface area contributed by atoms with Gasteiger partial charge in [0.15, 0.2) is 5.82 Å². The molecule has 1 saturated heterocycles. The van der Waals surface area contributed by atoms with E-state index in [0.29, 0.717) is 31.4 Å². The number of benzene rings is 1. The molecule has 1 aromatic carbocycles. The highest BCUT2D eigenvalue weighted by atomic mass is 16.5. The van der Waals surface area contributed by atoms with Crippen LogP contribution in [0.3, 0.4) is 0 Å². The minimum Gasteiger partial charge on any atom is -0.475 e. The van der Waals surface area contributed by atoms with Gasteiger partial charge < -0.3 is 19.4 Å². The molecule has 7 nitrogen and oxygen atoms in total. The number of anilines is 1. The highest BCUT2D eigenvalue weighted by molar-refractivity contribution is 5.80. The average molecular weight is 380 g/mol. The Kier molecular flexibility index (Phi) is 5.41. The number of hydrogen-bond acceptors (Lipinski definition) is 6. The van der Waals surface area contributed by atoms with Crippen LogP contribution in [0.25, 0.3) is 11.0 Å². The molecule has 1 N–H and O–H groups in total. The molecule has 1 fully saturated rings. The molecule has 0 spiro atoms. The Morgan fingerprint density at radius 2 is 2.07 bits per heavy atom. The fourth-order valence-electron chi connectivity index (χ4n) is 3.53. The van der Waals surface area contributed by atoms with Gasteiger partial charge in [0.25, 0.3) is 5.88 Å². The number of nitrogens with zero attached hydrogens (tertiary/aromatic N) is 3. The molecule has 1 amide bonds. The molecule has 7 heteroatoms. The number of amides is 1. The summed E-state index contributed by atoms with van der Waals surface area (Å²) in [4.78, 5) is 24.2. The van der Waals surface area contributed by atoms with E-state index in [1.54, 1.807) is 6.26 Å². The zero-order valence-corrected chi connectivity index (χ0v) is 15.9. The van der Waals surface area contributed by atoms with E-state index in [1.807, 2.05) is 43.3 Å². The van der Waals surface area contributed by atoms with Crippen molar-refractivity contribution in [1.29, 1.82) is 0 Å². The smallest absolute Gasteiger partial charge is 0.258 e. The van der Waals surface area contributed by atoms with Gasteiger partial charge in [0.1, 0.15) is 5.76 Å². The van der Waals surface area contributed by atoms with Gasteiger partial charge in [0, 0.05) is 13.1 Å². The number of rotatable bonds is 6. The summed E-state index contributed by atoms with van der Waals surface area (Å²) in [5, 5.41) is 2.97. The number of para-hydroxylation sites is 2. The summed E-state index contributed by atoms with van der Waals surface area (Å²) in [6, 6.07) is 11.4. The van der Waals surface area contributed by atoms with Crippen LogP contribution in [-0.2, 0) is 11.3 Å². The first-order chi connectivity index (χ1) is 13.7. The van der Waals surface area contributed by atoms with Crippen LogP contribution in [0.2, 0.25) is 0 Å². The summed E-state index contributed by atoms with van der Waals surface area (Å²) in [7, 11) is 0. The normalized spacial score (nSPS) is 16.9. The lowest BCUT2D eigenvalue weighted by atomic mass is 9.97. The van der Waals surface area contributed by atoms with E-state index in [4.69, 9.17) is 14.1 Å². The molecule has 1 unspecified atom stereocenters. The predicted molar refractivity (Wildman–Crippen MR) is 106 cm³/mol. The fraction of sp³-hybridized carbons (Fsp3) is 0.381. The first kappa shape index (κ1) is 18.3. The lowest BCUT2D eigenvalue weighted by Gasteiger charge is -2.33. The van der Waals surface area contributed by atoms with Gasteiger partial charge in [-0.05, 0) is 44.0 Å². The Balaban J connectivity index is 1.52. The second-order valence-electron chi connectivity index (χ2n) is 6.86. The molecule has 2 aromatic heterocycles. The van der Waals surface area contributed by atoms with Crippen molar-refractivity contribution >= 4 is 22.8 Å². The summed E-state index contributed by atoms with van der Waals surface area (Å²) < 4.78 is 11.0. The highest BCUT2D eigenvalue weighted by Crippen LogP contribution is 2.30. The highest BCUT2D eigenvalue weighted by Gasteiger charge is 2.28. The number of carbonyl (C=O) groups is 1. The lowest BCUT2D eigenvalue weighted by Crippen LogP contribution is -2.43. The number of piperidine rings is 1. The monoisotopic (exact) mass is 380 g/mol. The Bertz CT molecular complexity index is 942. The van der Waals surface area contributed by atoms with E-state index in [1.165, 1.54) is 0 Å². The van der Waals surface area contributed by atoms with Gasteiger partial charge in [0.05, 0.1) is 36.4 Å². The van der Waals surface area contributed by atoms with Crippen LogP contribution in [0.5, 0.6) is 5.88 Å². The molecule has 0 radical (unpaired) electrons. The topological polar surface area (TPSA) is 80.5 Å². The van der Waals surface area contributed by atoms with Crippen LogP contribution >= 0.6 is 0 Å². The van der Waals surface area contributed by atoms with Gasteiger partial charge in [0.2, 0.25) is 5.91 Å². The van der Waals surface area contributed by atoms with E-state index in [9.17, 15) is 4.79 Å². The van der Waals surface area contributed by atoms with Crippen molar-refractivity contribution in [2.75, 3.05) is 24.6 Å². The van der Waals surface area contributed by atoms with Crippen molar-refractivity contribution in [2.24, 2.45) is 5.92 Å².